The first-order valence-electron chi connectivity index (χ1n) is 5.09. The molecule has 94 valence electrons. The van der Waals surface area contributed by atoms with E-state index in [-0.39, 0.29) is 17.9 Å². The molecule has 0 unspecified atom stereocenters. The highest BCUT2D eigenvalue weighted by Crippen LogP contribution is 2.24. The number of carbonyl (C=O) groups is 2. The van der Waals surface area contributed by atoms with Gasteiger partial charge in [-0.25, -0.2) is 4.79 Å². The number of carbonyl (C=O) groups excluding carboxylic acids is 1. The van der Waals surface area contributed by atoms with Gasteiger partial charge >= 0.3 is 5.97 Å². The molecule has 2 N–H and O–H groups in total. The van der Waals surface area contributed by atoms with Crippen LogP contribution >= 0.6 is 22.9 Å². The maximum atomic E-state index is 11.7. The van der Waals surface area contributed by atoms with Crippen LogP contribution in [0.4, 0.5) is 5.00 Å². The van der Waals surface area contributed by atoms with Crippen molar-refractivity contribution >= 4 is 39.7 Å². The Labute approximate surface area is 111 Å². The molecule has 0 spiro atoms. The van der Waals surface area contributed by atoms with E-state index in [1.54, 1.807) is 6.92 Å². The summed E-state index contributed by atoms with van der Waals surface area (Å²) in [6, 6.07) is 3.73. The number of hydrogen-bond donors (Lipinski definition) is 2. The lowest BCUT2D eigenvalue weighted by Crippen LogP contribution is -2.15. The van der Waals surface area contributed by atoms with E-state index >= 15 is 0 Å². The summed E-state index contributed by atoms with van der Waals surface area (Å²) in [5, 5.41) is 13.8. The number of aromatic carboxylic acids is 1. The lowest BCUT2D eigenvalue weighted by molar-refractivity contribution is -0.115. The van der Waals surface area contributed by atoms with Gasteiger partial charge in [-0.1, -0.05) is 6.07 Å². The van der Waals surface area contributed by atoms with E-state index in [0.717, 1.165) is 16.4 Å². The largest absolute Gasteiger partial charge is 0.478 e. The second-order valence-electron chi connectivity index (χ2n) is 3.58. The highest BCUT2D eigenvalue weighted by atomic mass is 32.1. The SMILES string of the molecule is Cc1nsc(NC(=O)Cc2cccs2)c1C(=O)O. The van der Waals surface area contributed by atoms with Crippen molar-refractivity contribution in [2.75, 3.05) is 5.32 Å². The third kappa shape index (κ3) is 2.74. The van der Waals surface area contributed by atoms with Gasteiger partial charge in [-0.3, -0.25) is 4.79 Å². The average molecular weight is 282 g/mol. The van der Waals surface area contributed by atoms with Crippen LogP contribution < -0.4 is 5.32 Å². The zero-order valence-corrected chi connectivity index (χ0v) is 11.1. The van der Waals surface area contributed by atoms with E-state index in [1.807, 2.05) is 17.5 Å². The van der Waals surface area contributed by atoms with Gasteiger partial charge in [0.25, 0.3) is 0 Å². The number of thiophene rings is 1. The Hall–Kier alpha value is -1.73. The second kappa shape index (κ2) is 5.28. The van der Waals surface area contributed by atoms with Crippen molar-refractivity contribution in [3.63, 3.8) is 0 Å². The maximum Gasteiger partial charge on any atom is 0.340 e. The van der Waals surface area contributed by atoms with Gasteiger partial charge in [0.05, 0.1) is 12.1 Å². The van der Waals surface area contributed by atoms with Gasteiger partial charge in [0, 0.05) is 4.88 Å². The summed E-state index contributed by atoms with van der Waals surface area (Å²) in [5.74, 6) is -1.31. The van der Waals surface area contributed by atoms with Crippen molar-refractivity contribution in [1.82, 2.24) is 4.37 Å². The number of aryl methyl sites for hydroxylation is 1. The van der Waals surface area contributed by atoms with Crippen molar-refractivity contribution in [2.45, 2.75) is 13.3 Å². The molecule has 2 aromatic heterocycles. The molecule has 0 bridgehead atoms. The summed E-state index contributed by atoms with van der Waals surface area (Å²) >= 11 is 2.47. The van der Waals surface area contributed by atoms with Gasteiger partial charge in [-0.2, -0.15) is 4.37 Å². The predicted octanol–water partition coefficient (Wildman–Crippen LogP) is 2.39. The Morgan fingerprint density at radius 1 is 1.50 bits per heavy atom. The highest BCUT2D eigenvalue weighted by molar-refractivity contribution is 7.11. The molecule has 5 nitrogen and oxygen atoms in total. The summed E-state index contributed by atoms with van der Waals surface area (Å²) in [4.78, 5) is 23.7. The number of aromatic nitrogens is 1. The molecule has 0 aliphatic rings. The molecule has 2 rings (SSSR count). The van der Waals surface area contributed by atoms with Crippen molar-refractivity contribution in [3.8, 4) is 0 Å². The molecule has 18 heavy (non-hydrogen) atoms. The standard InChI is InChI=1S/C11H10N2O3S2/c1-6-9(11(15)16)10(18-13-6)12-8(14)5-7-3-2-4-17-7/h2-4H,5H2,1H3,(H,12,14)(H,15,16). The first-order valence-corrected chi connectivity index (χ1v) is 6.75. The smallest absolute Gasteiger partial charge is 0.340 e. The third-order valence-corrected chi connectivity index (χ3v) is 3.97. The summed E-state index contributed by atoms with van der Waals surface area (Å²) in [7, 11) is 0. The molecular weight excluding hydrogens is 272 g/mol. The van der Waals surface area contributed by atoms with Crippen molar-refractivity contribution < 1.29 is 14.7 Å². The van der Waals surface area contributed by atoms with E-state index in [4.69, 9.17) is 5.11 Å². The molecule has 0 fully saturated rings. The minimum atomic E-state index is -1.08. The zero-order valence-electron chi connectivity index (χ0n) is 9.47. The first kappa shape index (κ1) is 12.7. The molecule has 2 aromatic rings. The second-order valence-corrected chi connectivity index (χ2v) is 5.39. The third-order valence-electron chi connectivity index (χ3n) is 2.24. The molecule has 0 aliphatic heterocycles. The van der Waals surface area contributed by atoms with Crippen LogP contribution in [-0.4, -0.2) is 21.4 Å². The molecule has 0 radical (unpaired) electrons. The van der Waals surface area contributed by atoms with E-state index in [2.05, 4.69) is 9.69 Å². The molecule has 7 heteroatoms. The lowest BCUT2D eigenvalue weighted by Gasteiger charge is -2.02. The number of nitrogens with one attached hydrogen (secondary N) is 1. The molecule has 1 amide bonds. The number of anilines is 1. The maximum absolute atomic E-state index is 11.7. The molecule has 0 saturated carbocycles. The van der Waals surface area contributed by atoms with Crippen molar-refractivity contribution in [2.24, 2.45) is 0 Å². The van der Waals surface area contributed by atoms with Gasteiger partial charge in [0.1, 0.15) is 10.6 Å². The Bertz CT molecular complexity index is 575. The fourth-order valence-corrected chi connectivity index (χ4v) is 2.96. The van der Waals surface area contributed by atoms with Gasteiger partial charge in [-0.15, -0.1) is 11.3 Å². The van der Waals surface area contributed by atoms with E-state index in [1.165, 1.54) is 11.3 Å². The van der Waals surface area contributed by atoms with Crippen LogP contribution in [0.2, 0.25) is 0 Å². The van der Waals surface area contributed by atoms with Crippen LogP contribution in [0.5, 0.6) is 0 Å². The summed E-state index contributed by atoms with van der Waals surface area (Å²) in [6.45, 7) is 1.61. The molecule has 0 saturated heterocycles. The summed E-state index contributed by atoms with van der Waals surface area (Å²) in [6.07, 6.45) is 0.244. The van der Waals surface area contributed by atoms with Crippen LogP contribution in [0, 0.1) is 6.92 Å². The van der Waals surface area contributed by atoms with E-state index < -0.39 is 5.97 Å². The van der Waals surface area contributed by atoms with Crippen LogP contribution in [0.25, 0.3) is 0 Å². The summed E-state index contributed by atoms with van der Waals surface area (Å²) in [5.41, 5.74) is 0.485. The van der Waals surface area contributed by atoms with Crippen molar-refractivity contribution in [1.29, 1.82) is 0 Å². The molecule has 0 aromatic carbocycles. The monoisotopic (exact) mass is 282 g/mol. The van der Waals surface area contributed by atoms with Gasteiger partial charge in [0.15, 0.2) is 0 Å². The first-order chi connectivity index (χ1) is 8.58. The van der Waals surface area contributed by atoms with Crippen LogP contribution in [-0.2, 0) is 11.2 Å². The number of nitrogens with zero attached hydrogens (tertiary/aromatic N) is 1. The predicted molar refractivity (Wildman–Crippen MR) is 70.5 cm³/mol. The molecule has 0 aliphatic carbocycles. The van der Waals surface area contributed by atoms with Crippen molar-refractivity contribution in [3.05, 3.63) is 33.6 Å². The molecular formula is C11H10N2O3S2. The van der Waals surface area contributed by atoms with Crippen LogP contribution in [0.3, 0.4) is 0 Å². The topological polar surface area (TPSA) is 79.3 Å². The number of hydrogen-bond acceptors (Lipinski definition) is 5. The fraction of sp³-hybridized carbons (Fsp3) is 0.182. The van der Waals surface area contributed by atoms with Crippen LogP contribution in [0.1, 0.15) is 20.9 Å². The lowest BCUT2D eigenvalue weighted by atomic mass is 10.2. The van der Waals surface area contributed by atoms with E-state index in [0.29, 0.717) is 10.7 Å². The Kier molecular flexibility index (Phi) is 3.73. The Balaban J connectivity index is 2.10. The quantitative estimate of drug-likeness (QED) is 0.902. The number of amides is 1. The fourth-order valence-electron chi connectivity index (χ4n) is 1.45. The minimum absolute atomic E-state index is 0.0690. The van der Waals surface area contributed by atoms with Crippen LogP contribution in [0.15, 0.2) is 17.5 Å². The normalized spacial score (nSPS) is 10.3. The molecule has 0 atom stereocenters. The van der Waals surface area contributed by atoms with Gasteiger partial charge in [-0.05, 0) is 29.9 Å². The number of carboxylic acid groups (broad SMARTS) is 1. The van der Waals surface area contributed by atoms with E-state index in [9.17, 15) is 9.59 Å². The van der Waals surface area contributed by atoms with Gasteiger partial charge in [0.2, 0.25) is 5.91 Å². The highest BCUT2D eigenvalue weighted by Gasteiger charge is 2.19. The zero-order chi connectivity index (χ0) is 13.1. The Morgan fingerprint density at radius 2 is 2.28 bits per heavy atom. The van der Waals surface area contributed by atoms with Gasteiger partial charge < -0.3 is 10.4 Å². The average Bonchev–Trinajstić information content (AvgIpc) is 2.88. The number of rotatable bonds is 4. The summed E-state index contributed by atoms with van der Waals surface area (Å²) < 4.78 is 3.94. The Morgan fingerprint density at radius 3 is 2.89 bits per heavy atom. The number of carboxylic acids is 1. The molecule has 2 heterocycles. The minimum Gasteiger partial charge on any atom is -0.478 e.